The molecule has 0 aliphatic heterocycles. The molecule has 5 heteroatoms. The van der Waals surface area contributed by atoms with Crippen LogP contribution in [0.3, 0.4) is 0 Å². The molecule has 66 valence electrons. The first kappa shape index (κ1) is 8.70. The number of aromatic carboxylic acids is 1. The Morgan fingerprint density at radius 3 is 3.00 bits per heavy atom. The van der Waals surface area contributed by atoms with Crippen LogP contribution in [0, 0.1) is 6.92 Å². The SMILES string of the molecule is Cc1cc(C(=O)O)n(CCF)n1. The second-order valence-electron chi connectivity index (χ2n) is 2.39. The number of nitrogens with zero attached hydrogens (tertiary/aromatic N) is 2. The van der Waals surface area contributed by atoms with Gasteiger partial charge in [-0.25, -0.2) is 9.18 Å². The van der Waals surface area contributed by atoms with E-state index in [2.05, 4.69) is 5.10 Å². The minimum absolute atomic E-state index is 0.00449. The predicted octanol–water partition coefficient (Wildman–Crippen LogP) is 0.859. The average molecular weight is 172 g/mol. The number of carbonyl (C=O) groups is 1. The van der Waals surface area contributed by atoms with Crippen LogP contribution in [-0.2, 0) is 6.54 Å². The molecule has 1 aromatic rings. The van der Waals surface area contributed by atoms with Crippen LogP contribution in [0.15, 0.2) is 6.07 Å². The largest absolute Gasteiger partial charge is 0.477 e. The Morgan fingerprint density at radius 1 is 1.83 bits per heavy atom. The maximum Gasteiger partial charge on any atom is 0.354 e. The molecule has 0 bridgehead atoms. The van der Waals surface area contributed by atoms with Crippen molar-refractivity contribution in [1.29, 1.82) is 0 Å². The van der Waals surface area contributed by atoms with Gasteiger partial charge in [0.1, 0.15) is 12.4 Å². The van der Waals surface area contributed by atoms with Crippen molar-refractivity contribution in [2.75, 3.05) is 6.67 Å². The molecule has 1 heterocycles. The number of aromatic nitrogens is 2. The third-order valence-electron chi connectivity index (χ3n) is 1.42. The number of hydrogen-bond donors (Lipinski definition) is 1. The molecule has 0 amide bonds. The Bertz CT molecular complexity index is 296. The first-order chi connectivity index (χ1) is 5.65. The summed E-state index contributed by atoms with van der Waals surface area (Å²) in [6, 6.07) is 1.41. The van der Waals surface area contributed by atoms with Gasteiger partial charge in [0, 0.05) is 0 Å². The van der Waals surface area contributed by atoms with Crippen molar-refractivity contribution in [3.05, 3.63) is 17.5 Å². The minimum atomic E-state index is -1.08. The summed E-state index contributed by atoms with van der Waals surface area (Å²) >= 11 is 0. The summed E-state index contributed by atoms with van der Waals surface area (Å²) in [6.45, 7) is 1.05. The summed E-state index contributed by atoms with van der Waals surface area (Å²) < 4.78 is 13.0. The van der Waals surface area contributed by atoms with Gasteiger partial charge in [0.05, 0.1) is 12.2 Å². The summed E-state index contributed by atoms with van der Waals surface area (Å²) in [7, 11) is 0. The van der Waals surface area contributed by atoms with Crippen LogP contribution in [0.4, 0.5) is 4.39 Å². The van der Waals surface area contributed by atoms with Crippen LogP contribution in [0.25, 0.3) is 0 Å². The molecule has 0 aliphatic rings. The highest BCUT2D eigenvalue weighted by Gasteiger charge is 2.11. The number of aryl methyl sites for hydroxylation is 2. The van der Waals surface area contributed by atoms with E-state index in [4.69, 9.17) is 5.11 Å². The van der Waals surface area contributed by atoms with Gasteiger partial charge in [0.15, 0.2) is 0 Å². The van der Waals surface area contributed by atoms with Gasteiger partial charge in [0.2, 0.25) is 0 Å². The number of rotatable bonds is 3. The summed E-state index contributed by atoms with van der Waals surface area (Å²) in [5, 5.41) is 12.4. The van der Waals surface area contributed by atoms with Crippen molar-refractivity contribution in [3.63, 3.8) is 0 Å². The number of carboxylic acids is 1. The Balaban J connectivity index is 2.99. The van der Waals surface area contributed by atoms with E-state index in [1.165, 1.54) is 6.07 Å². The molecule has 0 radical (unpaired) electrons. The molecule has 12 heavy (non-hydrogen) atoms. The Kier molecular flexibility index (Phi) is 2.42. The zero-order valence-electron chi connectivity index (χ0n) is 6.62. The quantitative estimate of drug-likeness (QED) is 0.735. The first-order valence-electron chi connectivity index (χ1n) is 3.49. The van der Waals surface area contributed by atoms with Gasteiger partial charge in [0.25, 0.3) is 0 Å². The lowest BCUT2D eigenvalue weighted by molar-refractivity contribution is 0.0682. The lowest BCUT2D eigenvalue weighted by Crippen LogP contribution is -2.10. The van der Waals surface area contributed by atoms with Gasteiger partial charge in [-0.05, 0) is 13.0 Å². The lowest BCUT2D eigenvalue weighted by Gasteiger charge is -1.98. The number of alkyl halides is 1. The minimum Gasteiger partial charge on any atom is -0.477 e. The standard InChI is InChI=1S/C7H9FN2O2/c1-5-4-6(7(11)12)10(9-5)3-2-8/h4H,2-3H2,1H3,(H,11,12). The van der Waals surface area contributed by atoms with Gasteiger partial charge >= 0.3 is 5.97 Å². The third kappa shape index (κ3) is 1.61. The highest BCUT2D eigenvalue weighted by atomic mass is 19.1. The van der Waals surface area contributed by atoms with Crippen molar-refractivity contribution >= 4 is 5.97 Å². The van der Waals surface area contributed by atoms with Gasteiger partial charge in [-0.15, -0.1) is 0 Å². The van der Waals surface area contributed by atoms with Crippen LogP contribution >= 0.6 is 0 Å². The summed E-state index contributed by atoms with van der Waals surface area (Å²) in [5.41, 5.74) is 0.617. The fraction of sp³-hybridized carbons (Fsp3) is 0.429. The van der Waals surface area contributed by atoms with Crippen LogP contribution < -0.4 is 0 Å². The Hall–Kier alpha value is -1.39. The fourth-order valence-corrected chi connectivity index (χ4v) is 0.968. The van der Waals surface area contributed by atoms with Crippen molar-refractivity contribution in [2.45, 2.75) is 13.5 Å². The lowest BCUT2D eigenvalue weighted by atomic mass is 10.4. The molecule has 0 saturated heterocycles. The Labute approximate surface area is 68.6 Å². The van der Waals surface area contributed by atoms with Crippen LogP contribution in [0.2, 0.25) is 0 Å². The summed E-state index contributed by atoms with van der Waals surface area (Å²) in [4.78, 5) is 10.5. The molecule has 0 aliphatic carbocycles. The average Bonchev–Trinajstić information content (AvgIpc) is 2.32. The highest BCUT2D eigenvalue weighted by Crippen LogP contribution is 2.03. The van der Waals surface area contributed by atoms with E-state index in [1.807, 2.05) is 0 Å². The van der Waals surface area contributed by atoms with E-state index in [-0.39, 0.29) is 12.2 Å². The van der Waals surface area contributed by atoms with E-state index in [0.29, 0.717) is 5.69 Å². The second-order valence-corrected chi connectivity index (χ2v) is 2.39. The van der Waals surface area contributed by atoms with E-state index >= 15 is 0 Å². The molecule has 1 rings (SSSR count). The highest BCUT2D eigenvalue weighted by molar-refractivity contribution is 5.85. The van der Waals surface area contributed by atoms with Crippen LogP contribution in [0.5, 0.6) is 0 Å². The molecule has 0 atom stereocenters. The van der Waals surface area contributed by atoms with E-state index in [0.717, 1.165) is 4.68 Å². The molecule has 0 unspecified atom stereocenters. The summed E-state index contributed by atoms with van der Waals surface area (Å²) in [5.74, 6) is -1.08. The van der Waals surface area contributed by atoms with E-state index in [1.54, 1.807) is 6.92 Å². The fourth-order valence-electron chi connectivity index (χ4n) is 0.968. The van der Waals surface area contributed by atoms with Gasteiger partial charge in [-0.3, -0.25) is 4.68 Å². The topological polar surface area (TPSA) is 55.1 Å². The molecular weight excluding hydrogens is 163 g/mol. The number of halogens is 1. The van der Waals surface area contributed by atoms with Gasteiger partial charge < -0.3 is 5.11 Å². The van der Waals surface area contributed by atoms with Crippen molar-refractivity contribution < 1.29 is 14.3 Å². The van der Waals surface area contributed by atoms with Crippen molar-refractivity contribution in [1.82, 2.24) is 9.78 Å². The van der Waals surface area contributed by atoms with Crippen LogP contribution in [-0.4, -0.2) is 27.5 Å². The first-order valence-corrected chi connectivity index (χ1v) is 3.49. The molecular formula is C7H9FN2O2. The summed E-state index contributed by atoms with van der Waals surface area (Å²) in [6.07, 6.45) is 0. The van der Waals surface area contributed by atoms with Gasteiger partial charge in [-0.2, -0.15) is 5.10 Å². The van der Waals surface area contributed by atoms with Crippen molar-refractivity contribution in [2.24, 2.45) is 0 Å². The van der Waals surface area contributed by atoms with Crippen molar-refractivity contribution in [3.8, 4) is 0 Å². The molecule has 4 nitrogen and oxygen atoms in total. The number of carboxylic acid groups (broad SMARTS) is 1. The third-order valence-corrected chi connectivity index (χ3v) is 1.42. The van der Waals surface area contributed by atoms with E-state index < -0.39 is 12.6 Å². The molecule has 0 fully saturated rings. The zero-order valence-corrected chi connectivity index (χ0v) is 6.62. The van der Waals surface area contributed by atoms with E-state index in [9.17, 15) is 9.18 Å². The number of hydrogen-bond acceptors (Lipinski definition) is 2. The smallest absolute Gasteiger partial charge is 0.354 e. The monoisotopic (exact) mass is 172 g/mol. The zero-order chi connectivity index (χ0) is 9.14. The maximum atomic E-state index is 11.9. The maximum absolute atomic E-state index is 11.9. The molecule has 1 N–H and O–H groups in total. The molecule has 1 aromatic heterocycles. The Morgan fingerprint density at radius 2 is 2.50 bits per heavy atom. The van der Waals surface area contributed by atoms with Crippen LogP contribution in [0.1, 0.15) is 16.2 Å². The molecule has 0 saturated carbocycles. The predicted molar refractivity (Wildman–Crippen MR) is 39.9 cm³/mol. The molecule has 0 spiro atoms. The molecule has 0 aromatic carbocycles. The normalized spacial score (nSPS) is 10.2. The van der Waals surface area contributed by atoms with Gasteiger partial charge in [-0.1, -0.05) is 0 Å². The second kappa shape index (κ2) is 3.34.